The van der Waals surface area contributed by atoms with Gasteiger partial charge in [0.15, 0.2) is 0 Å². The van der Waals surface area contributed by atoms with Crippen molar-refractivity contribution in [2.24, 2.45) is 0 Å². The Bertz CT molecular complexity index is 1590. The maximum absolute atomic E-state index is 14.4. The van der Waals surface area contributed by atoms with Crippen molar-refractivity contribution >= 4 is 46.2 Å². The maximum Gasteiger partial charge on any atom is 0.335 e. The van der Waals surface area contributed by atoms with E-state index in [1.165, 1.54) is 24.3 Å². The monoisotopic (exact) mass is 484 g/mol. The van der Waals surface area contributed by atoms with Gasteiger partial charge in [-0.2, -0.15) is 0 Å². The molecule has 1 aliphatic rings. The molecule has 178 valence electrons. The minimum Gasteiger partial charge on any atom is -0.336 e. The van der Waals surface area contributed by atoms with Crippen LogP contribution in [-0.2, 0) is 16.1 Å². The molecule has 0 aliphatic carbocycles. The molecule has 36 heavy (non-hydrogen) atoms. The summed E-state index contributed by atoms with van der Waals surface area (Å²) in [5, 5.41) is 13.9. The Morgan fingerprint density at radius 2 is 1.64 bits per heavy atom. The molecular weight excluding hydrogens is 467 g/mol. The molecular formula is C26H17FN4O5. The third kappa shape index (κ3) is 4.00. The largest absolute Gasteiger partial charge is 0.336 e. The van der Waals surface area contributed by atoms with Crippen molar-refractivity contribution < 1.29 is 23.7 Å². The summed E-state index contributed by atoms with van der Waals surface area (Å²) in [5.74, 6) is -2.17. The fraction of sp³-hybridized carbons (Fsp3) is 0.0385. The molecule has 0 bridgehead atoms. The van der Waals surface area contributed by atoms with Crippen LogP contribution in [0.2, 0.25) is 0 Å². The zero-order chi connectivity index (χ0) is 25.4. The predicted molar refractivity (Wildman–Crippen MR) is 130 cm³/mol. The maximum atomic E-state index is 14.4. The third-order valence-corrected chi connectivity index (χ3v) is 5.84. The normalized spacial score (nSPS) is 15.0. The highest BCUT2D eigenvalue weighted by Crippen LogP contribution is 2.27. The van der Waals surface area contributed by atoms with Gasteiger partial charge in [-0.05, 0) is 36.4 Å². The number of urea groups is 1. The molecule has 1 fully saturated rings. The number of barbiturate groups is 1. The van der Waals surface area contributed by atoms with E-state index in [9.17, 15) is 28.9 Å². The minimum absolute atomic E-state index is 0.0633. The Balaban J connectivity index is 1.58. The molecule has 10 heteroatoms. The summed E-state index contributed by atoms with van der Waals surface area (Å²) in [6.45, 7) is 0.139. The summed E-state index contributed by atoms with van der Waals surface area (Å²) in [4.78, 5) is 49.5. The number of nitrogens with one attached hydrogen (secondary N) is 1. The smallest absolute Gasteiger partial charge is 0.335 e. The number of hydrogen-bond donors (Lipinski definition) is 1. The quantitative estimate of drug-likeness (QED) is 0.195. The zero-order valence-electron chi connectivity index (χ0n) is 18.6. The van der Waals surface area contributed by atoms with Crippen molar-refractivity contribution in [3.8, 4) is 0 Å². The number of imide groups is 2. The molecule has 3 aromatic carbocycles. The molecule has 0 saturated carbocycles. The Hall–Kier alpha value is -5.12. The van der Waals surface area contributed by atoms with Gasteiger partial charge in [-0.25, -0.2) is 14.1 Å². The number of nitro groups is 1. The lowest BCUT2D eigenvalue weighted by molar-refractivity contribution is -0.384. The van der Waals surface area contributed by atoms with Crippen molar-refractivity contribution in [3.05, 3.63) is 112 Å². The first-order valence-electron chi connectivity index (χ1n) is 10.8. The molecule has 1 N–H and O–H groups in total. The van der Waals surface area contributed by atoms with E-state index in [2.05, 4.69) is 5.32 Å². The van der Waals surface area contributed by atoms with Crippen LogP contribution in [0.5, 0.6) is 0 Å². The summed E-state index contributed by atoms with van der Waals surface area (Å²) >= 11 is 0. The van der Waals surface area contributed by atoms with Gasteiger partial charge in [0.2, 0.25) is 0 Å². The van der Waals surface area contributed by atoms with E-state index < -0.39 is 28.6 Å². The molecule has 1 aromatic heterocycles. The van der Waals surface area contributed by atoms with Crippen LogP contribution >= 0.6 is 0 Å². The van der Waals surface area contributed by atoms with E-state index in [0.717, 1.165) is 27.9 Å². The van der Waals surface area contributed by atoms with Crippen LogP contribution in [-0.4, -0.2) is 27.3 Å². The van der Waals surface area contributed by atoms with Gasteiger partial charge < -0.3 is 4.57 Å². The average molecular weight is 484 g/mol. The highest BCUT2D eigenvalue weighted by Gasteiger charge is 2.37. The molecule has 5 rings (SSSR count). The number of non-ortho nitro benzene ring substituents is 1. The summed E-state index contributed by atoms with van der Waals surface area (Å²) < 4.78 is 16.2. The molecule has 9 nitrogen and oxygen atoms in total. The number of para-hydroxylation sites is 1. The topological polar surface area (TPSA) is 115 Å². The number of halogens is 1. The zero-order valence-corrected chi connectivity index (χ0v) is 18.6. The fourth-order valence-electron chi connectivity index (χ4n) is 4.09. The van der Waals surface area contributed by atoms with Crippen molar-refractivity contribution in [3.63, 3.8) is 0 Å². The number of benzene rings is 3. The molecule has 0 radical (unpaired) electrons. The van der Waals surface area contributed by atoms with E-state index in [0.29, 0.717) is 11.3 Å². The van der Waals surface area contributed by atoms with Gasteiger partial charge in [-0.3, -0.25) is 25.0 Å². The van der Waals surface area contributed by atoms with E-state index >= 15 is 0 Å². The van der Waals surface area contributed by atoms with Crippen molar-refractivity contribution in [1.29, 1.82) is 0 Å². The predicted octanol–water partition coefficient (Wildman–Crippen LogP) is 4.40. The number of nitrogens with zero attached hydrogens (tertiary/aromatic N) is 3. The van der Waals surface area contributed by atoms with E-state index in [1.54, 1.807) is 28.8 Å². The van der Waals surface area contributed by atoms with Crippen LogP contribution in [0.25, 0.3) is 17.0 Å². The van der Waals surface area contributed by atoms with E-state index in [4.69, 9.17) is 0 Å². The van der Waals surface area contributed by atoms with Gasteiger partial charge in [-0.15, -0.1) is 0 Å². The molecule has 0 unspecified atom stereocenters. The highest BCUT2D eigenvalue weighted by atomic mass is 19.1. The Morgan fingerprint density at radius 3 is 2.36 bits per heavy atom. The van der Waals surface area contributed by atoms with Crippen LogP contribution < -0.4 is 10.2 Å². The van der Waals surface area contributed by atoms with Gasteiger partial charge in [0.1, 0.15) is 11.4 Å². The highest BCUT2D eigenvalue weighted by molar-refractivity contribution is 6.39. The number of hydrogen-bond acceptors (Lipinski definition) is 5. The number of amides is 4. The summed E-state index contributed by atoms with van der Waals surface area (Å²) in [5.41, 5.74) is 1.17. The van der Waals surface area contributed by atoms with Crippen LogP contribution in [0.4, 0.5) is 20.6 Å². The van der Waals surface area contributed by atoms with E-state index in [-0.39, 0.29) is 23.5 Å². The Kier molecular flexibility index (Phi) is 5.61. The van der Waals surface area contributed by atoms with Crippen molar-refractivity contribution in [1.82, 2.24) is 9.88 Å². The number of nitro benzene ring substituents is 1. The van der Waals surface area contributed by atoms with Gasteiger partial charge in [-0.1, -0.05) is 36.4 Å². The third-order valence-electron chi connectivity index (χ3n) is 5.84. The number of fused-ring (bicyclic) bond motifs is 1. The molecule has 0 atom stereocenters. The van der Waals surface area contributed by atoms with Crippen LogP contribution in [0.15, 0.2) is 84.4 Å². The lowest BCUT2D eigenvalue weighted by atomic mass is 10.1. The number of anilines is 1. The first kappa shape index (κ1) is 22.7. The SMILES string of the molecule is O=C1NC(=O)N(c2ccc([N+](=O)[O-])cc2)C(=O)C1=Cc1cc2ccccc2n1Cc1ccccc1F. The van der Waals surface area contributed by atoms with Gasteiger partial charge >= 0.3 is 6.03 Å². The molecule has 1 saturated heterocycles. The first-order valence-corrected chi connectivity index (χ1v) is 10.8. The average Bonchev–Trinajstić information content (AvgIpc) is 3.20. The lowest BCUT2D eigenvalue weighted by Crippen LogP contribution is -2.54. The van der Waals surface area contributed by atoms with Gasteiger partial charge in [0.05, 0.1) is 17.2 Å². The van der Waals surface area contributed by atoms with Crippen LogP contribution in [0.3, 0.4) is 0 Å². The lowest BCUT2D eigenvalue weighted by Gasteiger charge is -2.26. The van der Waals surface area contributed by atoms with Gasteiger partial charge in [0, 0.05) is 34.3 Å². The molecule has 0 spiro atoms. The fourth-order valence-corrected chi connectivity index (χ4v) is 4.09. The Labute approximate surface area is 203 Å². The van der Waals surface area contributed by atoms with E-state index in [1.807, 2.05) is 24.3 Å². The standard InChI is InChI=1S/C26H17FN4O5/c27-22-7-3-1-6-17(22)15-29-20(13-16-5-2-4-8-23(16)29)14-21-24(32)28-26(34)30(25(21)33)18-9-11-19(12-10-18)31(35)36/h1-14H,15H2,(H,28,32,34). The van der Waals surface area contributed by atoms with Crippen LogP contribution in [0.1, 0.15) is 11.3 Å². The second kappa shape index (κ2) is 8.91. The Morgan fingerprint density at radius 1 is 0.944 bits per heavy atom. The molecule has 4 aromatic rings. The van der Waals surface area contributed by atoms with Crippen molar-refractivity contribution in [2.45, 2.75) is 6.54 Å². The summed E-state index contributed by atoms with van der Waals surface area (Å²) in [6, 6.07) is 19.3. The summed E-state index contributed by atoms with van der Waals surface area (Å²) in [7, 11) is 0. The molecule has 2 heterocycles. The minimum atomic E-state index is -0.970. The molecule has 1 aliphatic heterocycles. The number of carbonyl (C=O) groups is 3. The van der Waals surface area contributed by atoms with Gasteiger partial charge in [0.25, 0.3) is 17.5 Å². The van der Waals surface area contributed by atoms with Crippen molar-refractivity contribution in [2.75, 3.05) is 4.90 Å². The molecule has 4 amide bonds. The second-order valence-electron chi connectivity index (χ2n) is 8.04. The second-order valence-corrected chi connectivity index (χ2v) is 8.04. The van der Waals surface area contributed by atoms with Crippen LogP contribution in [0, 0.1) is 15.9 Å². The number of aromatic nitrogens is 1. The summed E-state index contributed by atoms with van der Waals surface area (Å²) in [6.07, 6.45) is 1.35. The number of carbonyl (C=O) groups excluding carboxylic acids is 3. The number of rotatable bonds is 5. The first-order chi connectivity index (χ1) is 17.3.